The fourth-order valence-electron chi connectivity index (χ4n) is 1.77. The number of halogens is 1. The van der Waals surface area contributed by atoms with Gasteiger partial charge in [0.15, 0.2) is 5.78 Å². The van der Waals surface area contributed by atoms with Crippen LogP contribution in [0.3, 0.4) is 0 Å². The van der Waals surface area contributed by atoms with Gasteiger partial charge in [-0.2, -0.15) is 0 Å². The molecule has 0 heterocycles. The van der Waals surface area contributed by atoms with E-state index in [4.69, 9.17) is 11.6 Å². The Morgan fingerprint density at radius 3 is 2.36 bits per heavy atom. The number of carbonyl (C=O) groups excluding carboxylic acids is 1. The van der Waals surface area contributed by atoms with Gasteiger partial charge in [0.05, 0.1) is 5.88 Å². The second kappa shape index (κ2) is 3.57. The molecule has 0 aromatic rings. The Kier molecular flexibility index (Phi) is 2.94. The van der Waals surface area contributed by atoms with Crippen molar-refractivity contribution in [1.29, 1.82) is 0 Å². The summed E-state index contributed by atoms with van der Waals surface area (Å²) in [5, 5.41) is 0. The number of hydrogen-bond acceptors (Lipinski definition) is 1. The van der Waals surface area contributed by atoms with Crippen LogP contribution in [0, 0.1) is 5.41 Å². The molecule has 1 fully saturated rings. The molecular formula is C9H15ClO. The molecule has 11 heavy (non-hydrogen) atoms. The van der Waals surface area contributed by atoms with Gasteiger partial charge in [-0.25, -0.2) is 0 Å². The Morgan fingerprint density at radius 2 is 1.91 bits per heavy atom. The van der Waals surface area contributed by atoms with Crippen molar-refractivity contribution in [3.8, 4) is 0 Å². The fraction of sp³-hybridized carbons (Fsp3) is 0.889. The lowest BCUT2D eigenvalue weighted by Crippen LogP contribution is -2.31. The quantitative estimate of drug-likeness (QED) is 0.589. The molecule has 0 N–H and O–H groups in total. The fourth-order valence-corrected chi connectivity index (χ4v) is 2.09. The first-order chi connectivity index (χ1) is 5.19. The van der Waals surface area contributed by atoms with Gasteiger partial charge in [0.1, 0.15) is 0 Å². The highest BCUT2D eigenvalue weighted by molar-refractivity contribution is 6.28. The lowest BCUT2D eigenvalue weighted by atomic mass is 9.73. The summed E-state index contributed by atoms with van der Waals surface area (Å²) >= 11 is 5.53. The van der Waals surface area contributed by atoms with Gasteiger partial charge in [-0.05, 0) is 12.8 Å². The Labute approximate surface area is 73.1 Å². The molecule has 0 unspecified atom stereocenters. The van der Waals surface area contributed by atoms with Crippen LogP contribution in [0.25, 0.3) is 0 Å². The minimum atomic E-state index is -0.0833. The van der Waals surface area contributed by atoms with Crippen LogP contribution < -0.4 is 0 Å². The zero-order valence-corrected chi connectivity index (χ0v) is 7.78. The van der Waals surface area contributed by atoms with Crippen LogP contribution in [-0.2, 0) is 4.79 Å². The maximum Gasteiger partial charge on any atom is 0.153 e. The molecule has 0 atom stereocenters. The molecule has 1 aliphatic rings. The van der Waals surface area contributed by atoms with Crippen molar-refractivity contribution in [2.45, 2.75) is 39.0 Å². The SMILES string of the molecule is CC1(C(=O)CCl)CCCCC1. The minimum absolute atomic E-state index is 0.0833. The smallest absolute Gasteiger partial charge is 0.153 e. The summed E-state index contributed by atoms with van der Waals surface area (Å²) in [7, 11) is 0. The lowest BCUT2D eigenvalue weighted by molar-refractivity contribution is -0.126. The molecule has 1 nitrogen and oxygen atoms in total. The van der Waals surface area contributed by atoms with Gasteiger partial charge in [0.2, 0.25) is 0 Å². The average molecular weight is 175 g/mol. The minimum Gasteiger partial charge on any atom is -0.298 e. The van der Waals surface area contributed by atoms with Crippen molar-refractivity contribution in [3.05, 3.63) is 0 Å². The summed E-state index contributed by atoms with van der Waals surface area (Å²) < 4.78 is 0. The van der Waals surface area contributed by atoms with Crippen molar-refractivity contribution in [1.82, 2.24) is 0 Å². The predicted octanol–water partition coefficient (Wildman–Crippen LogP) is 2.76. The van der Waals surface area contributed by atoms with Gasteiger partial charge < -0.3 is 0 Å². The van der Waals surface area contributed by atoms with E-state index < -0.39 is 0 Å². The van der Waals surface area contributed by atoms with Crippen molar-refractivity contribution in [2.24, 2.45) is 5.41 Å². The predicted molar refractivity (Wildman–Crippen MR) is 46.9 cm³/mol. The van der Waals surface area contributed by atoms with Gasteiger partial charge in [-0.3, -0.25) is 4.79 Å². The topological polar surface area (TPSA) is 17.1 Å². The van der Waals surface area contributed by atoms with Crippen molar-refractivity contribution in [2.75, 3.05) is 5.88 Å². The highest BCUT2D eigenvalue weighted by Crippen LogP contribution is 2.36. The molecule has 2 heteroatoms. The standard InChI is InChI=1S/C9H15ClO/c1-9(8(11)7-10)5-3-2-4-6-9/h2-7H2,1H3. The molecule has 0 saturated heterocycles. The first-order valence-electron chi connectivity index (χ1n) is 4.28. The first-order valence-corrected chi connectivity index (χ1v) is 4.82. The van der Waals surface area contributed by atoms with E-state index in [0.29, 0.717) is 0 Å². The number of Topliss-reactive ketones (excluding diaryl/α,β-unsaturated/α-hetero) is 1. The monoisotopic (exact) mass is 174 g/mol. The van der Waals surface area contributed by atoms with Gasteiger partial charge >= 0.3 is 0 Å². The summed E-state index contributed by atoms with van der Waals surface area (Å²) in [4.78, 5) is 11.4. The third kappa shape index (κ3) is 1.96. The highest BCUT2D eigenvalue weighted by Gasteiger charge is 2.33. The Hall–Kier alpha value is -0.0400. The van der Waals surface area contributed by atoms with Crippen LogP contribution >= 0.6 is 11.6 Å². The zero-order chi connectivity index (χ0) is 8.32. The van der Waals surface area contributed by atoms with Gasteiger partial charge in [0.25, 0.3) is 0 Å². The van der Waals surface area contributed by atoms with Gasteiger partial charge in [-0.15, -0.1) is 11.6 Å². The maximum absolute atomic E-state index is 11.4. The van der Waals surface area contributed by atoms with Crippen LogP contribution in [0.1, 0.15) is 39.0 Å². The van der Waals surface area contributed by atoms with E-state index in [2.05, 4.69) is 6.92 Å². The molecule has 0 bridgehead atoms. The Morgan fingerprint density at radius 1 is 1.36 bits per heavy atom. The summed E-state index contributed by atoms with van der Waals surface area (Å²) in [5.41, 5.74) is -0.0833. The van der Waals surface area contributed by atoms with Crippen LogP contribution in [-0.4, -0.2) is 11.7 Å². The molecule has 0 aromatic heterocycles. The molecule has 1 saturated carbocycles. The van der Waals surface area contributed by atoms with E-state index in [1.54, 1.807) is 0 Å². The van der Waals surface area contributed by atoms with Crippen LogP contribution in [0.4, 0.5) is 0 Å². The van der Waals surface area contributed by atoms with Crippen LogP contribution in [0.2, 0.25) is 0 Å². The van der Waals surface area contributed by atoms with E-state index >= 15 is 0 Å². The molecule has 1 rings (SSSR count). The van der Waals surface area contributed by atoms with E-state index in [0.717, 1.165) is 12.8 Å². The Balaban J connectivity index is 2.56. The lowest BCUT2D eigenvalue weighted by Gasteiger charge is -2.31. The number of alkyl halides is 1. The molecule has 0 amide bonds. The van der Waals surface area contributed by atoms with E-state index in [-0.39, 0.29) is 17.1 Å². The number of hydrogen-bond donors (Lipinski definition) is 0. The number of rotatable bonds is 2. The van der Waals surface area contributed by atoms with Crippen molar-refractivity contribution >= 4 is 17.4 Å². The van der Waals surface area contributed by atoms with Crippen LogP contribution in [0.5, 0.6) is 0 Å². The second-order valence-corrected chi connectivity index (χ2v) is 3.95. The van der Waals surface area contributed by atoms with E-state index in [1.165, 1.54) is 19.3 Å². The summed E-state index contributed by atoms with van der Waals surface area (Å²) in [6, 6.07) is 0. The van der Waals surface area contributed by atoms with Crippen molar-refractivity contribution in [3.63, 3.8) is 0 Å². The van der Waals surface area contributed by atoms with Gasteiger partial charge in [0, 0.05) is 5.41 Å². The van der Waals surface area contributed by atoms with E-state index in [1.807, 2.05) is 0 Å². The largest absolute Gasteiger partial charge is 0.298 e. The number of ketones is 1. The summed E-state index contributed by atoms with van der Waals surface area (Å²) in [6.07, 6.45) is 5.75. The molecule has 0 radical (unpaired) electrons. The Bertz CT molecular complexity index is 148. The number of carbonyl (C=O) groups is 1. The molecule has 0 aliphatic heterocycles. The molecule has 64 valence electrons. The average Bonchev–Trinajstić information content (AvgIpc) is 2.04. The highest BCUT2D eigenvalue weighted by atomic mass is 35.5. The summed E-state index contributed by atoms with van der Waals surface area (Å²) in [5.74, 6) is 0.426. The first kappa shape index (κ1) is 9.05. The summed E-state index contributed by atoms with van der Waals surface area (Å²) in [6.45, 7) is 2.05. The van der Waals surface area contributed by atoms with Gasteiger partial charge in [-0.1, -0.05) is 26.2 Å². The molecule has 0 spiro atoms. The third-order valence-corrected chi connectivity index (χ3v) is 2.99. The zero-order valence-electron chi connectivity index (χ0n) is 7.03. The van der Waals surface area contributed by atoms with Crippen LogP contribution in [0.15, 0.2) is 0 Å². The normalized spacial score (nSPS) is 23.1. The van der Waals surface area contributed by atoms with Crippen molar-refractivity contribution < 1.29 is 4.79 Å². The molecule has 1 aliphatic carbocycles. The maximum atomic E-state index is 11.4. The van der Waals surface area contributed by atoms with E-state index in [9.17, 15) is 4.79 Å². The third-order valence-electron chi connectivity index (χ3n) is 2.75. The molecular weight excluding hydrogens is 160 g/mol. The molecule has 0 aromatic carbocycles. The second-order valence-electron chi connectivity index (χ2n) is 3.68.